The number of carboxylic acid groups (broad SMARTS) is 1. The smallest absolute Gasteiger partial charge is 0.330 e. The van der Waals surface area contributed by atoms with Crippen LogP contribution in [0.4, 0.5) is 5.69 Å². The molecule has 2 N–H and O–H groups in total. The van der Waals surface area contributed by atoms with Crippen LogP contribution in [0.25, 0.3) is 0 Å². The molecule has 1 saturated heterocycles. The number of aryl methyl sites for hydroxylation is 1. The highest BCUT2D eigenvalue weighted by Gasteiger charge is 2.43. The van der Waals surface area contributed by atoms with Crippen LogP contribution in [-0.4, -0.2) is 39.0 Å². The van der Waals surface area contributed by atoms with Crippen LogP contribution in [-0.2, 0) is 4.79 Å². The minimum absolute atomic E-state index is 0.0965. The van der Waals surface area contributed by atoms with Crippen LogP contribution in [0.3, 0.4) is 0 Å². The van der Waals surface area contributed by atoms with Gasteiger partial charge in [0, 0.05) is 23.4 Å². The van der Waals surface area contributed by atoms with Crippen molar-refractivity contribution in [3.63, 3.8) is 0 Å². The van der Waals surface area contributed by atoms with Crippen molar-refractivity contribution in [1.82, 2.24) is 5.32 Å². The summed E-state index contributed by atoms with van der Waals surface area (Å²) in [6, 6.07) is 4.01. The Morgan fingerprint density at radius 3 is 2.67 bits per heavy atom. The molecule has 1 aromatic carbocycles. The first-order valence-electron chi connectivity index (χ1n) is 6.24. The molecule has 1 atom stereocenters. The van der Waals surface area contributed by atoms with Crippen molar-refractivity contribution >= 4 is 29.3 Å². The molecule has 21 heavy (non-hydrogen) atoms. The molecule has 0 saturated carbocycles. The highest BCUT2D eigenvalue weighted by Crippen LogP contribution is 2.29. The number of benzene rings is 1. The Morgan fingerprint density at radius 2 is 2.14 bits per heavy atom. The van der Waals surface area contributed by atoms with Crippen LogP contribution in [0, 0.1) is 17.0 Å². The lowest BCUT2D eigenvalue weighted by Gasteiger charge is -2.24. The largest absolute Gasteiger partial charge is 0.479 e. The quantitative estimate of drug-likeness (QED) is 0.645. The second-order valence-corrected chi connectivity index (χ2v) is 6.06. The van der Waals surface area contributed by atoms with Gasteiger partial charge in [0.05, 0.1) is 4.92 Å². The zero-order chi connectivity index (χ0) is 15.6. The number of nitrogens with zero attached hydrogens (tertiary/aromatic N) is 1. The monoisotopic (exact) mass is 310 g/mol. The number of carbonyl (C=O) groups is 2. The summed E-state index contributed by atoms with van der Waals surface area (Å²) in [7, 11) is 0. The van der Waals surface area contributed by atoms with Crippen LogP contribution in [0.15, 0.2) is 18.2 Å². The zero-order valence-corrected chi connectivity index (χ0v) is 12.1. The Morgan fingerprint density at radius 1 is 1.43 bits per heavy atom. The molecule has 1 aliphatic heterocycles. The molecule has 1 aromatic rings. The second-order valence-electron chi connectivity index (χ2n) is 4.96. The number of nitrogens with one attached hydrogen (secondary N) is 1. The molecule has 1 aliphatic rings. The molecule has 1 unspecified atom stereocenters. The summed E-state index contributed by atoms with van der Waals surface area (Å²) in [5, 5.41) is 22.7. The van der Waals surface area contributed by atoms with Gasteiger partial charge in [-0.1, -0.05) is 0 Å². The topological polar surface area (TPSA) is 110 Å². The number of thioether (sulfide) groups is 1. The highest BCUT2D eigenvalue weighted by atomic mass is 32.2. The summed E-state index contributed by atoms with van der Waals surface area (Å²) in [5.41, 5.74) is -0.815. The fourth-order valence-electron chi connectivity index (χ4n) is 2.17. The maximum absolute atomic E-state index is 12.2. The van der Waals surface area contributed by atoms with E-state index in [1.165, 1.54) is 23.9 Å². The minimum atomic E-state index is -1.29. The number of nitro benzene ring substituents is 1. The molecule has 0 spiro atoms. The maximum Gasteiger partial charge on any atom is 0.330 e. The maximum atomic E-state index is 12.2. The van der Waals surface area contributed by atoms with Gasteiger partial charge in [-0.3, -0.25) is 14.9 Å². The highest BCUT2D eigenvalue weighted by molar-refractivity contribution is 7.99. The minimum Gasteiger partial charge on any atom is -0.479 e. The van der Waals surface area contributed by atoms with Crippen LogP contribution in [0.1, 0.15) is 22.3 Å². The van der Waals surface area contributed by atoms with E-state index in [4.69, 9.17) is 0 Å². The van der Waals surface area contributed by atoms with Crippen molar-refractivity contribution < 1.29 is 19.6 Å². The molecule has 112 valence electrons. The van der Waals surface area contributed by atoms with E-state index in [1.54, 1.807) is 6.92 Å². The lowest BCUT2D eigenvalue weighted by Crippen LogP contribution is -2.54. The van der Waals surface area contributed by atoms with Gasteiger partial charge in [0.15, 0.2) is 0 Å². The van der Waals surface area contributed by atoms with Crippen LogP contribution >= 0.6 is 11.8 Å². The SMILES string of the molecule is Cc1cc(C(=O)NC2(C(=O)O)CCSC2)cc([N+](=O)[O-])c1. The molecule has 0 aromatic heterocycles. The van der Waals surface area contributed by atoms with Crippen molar-refractivity contribution in [3.05, 3.63) is 39.4 Å². The molecular formula is C13H14N2O5S. The normalized spacial score (nSPS) is 21.0. The van der Waals surface area contributed by atoms with Gasteiger partial charge in [-0.15, -0.1) is 0 Å². The number of aliphatic carboxylic acids is 1. The third kappa shape index (κ3) is 3.15. The Kier molecular flexibility index (Phi) is 4.17. The summed E-state index contributed by atoms with van der Waals surface area (Å²) in [4.78, 5) is 33.9. The number of amides is 1. The van der Waals surface area contributed by atoms with E-state index in [0.717, 1.165) is 6.07 Å². The molecule has 8 heteroatoms. The van der Waals surface area contributed by atoms with Gasteiger partial charge >= 0.3 is 5.97 Å². The first kappa shape index (κ1) is 15.3. The summed E-state index contributed by atoms with van der Waals surface area (Å²) < 4.78 is 0. The van der Waals surface area contributed by atoms with E-state index < -0.39 is 22.3 Å². The van der Waals surface area contributed by atoms with Gasteiger partial charge in [0.1, 0.15) is 5.54 Å². The third-order valence-electron chi connectivity index (χ3n) is 3.32. The van der Waals surface area contributed by atoms with E-state index >= 15 is 0 Å². The Labute approximate surface area is 124 Å². The first-order valence-corrected chi connectivity index (χ1v) is 7.39. The second kappa shape index (κ2) is 5.72. The Bertz CT molecular complexity index is 611. The summed E-state index contributed by atoms with van der Waals surface area (Å²) in [6.45, 7) is 1.64. The van der Waals surface area contributed by atoms with Crippen molar-refractivity contribution in [2.24, 2.45) is 0 Å². The predicted molar refractivity (Wildman–Crippen MR) is 77.6 cm³/mol. The van der Waals surface area contributed by atoms with Crippen LogP contribution in [0.5, 0.6) is 0 Å². The fourth-order valence-corrected chi connectivity index (χ4v) is 3.50. The van der Waals surface area contributed by atoms with Crippen LogP contribution < -0.4 is 5.32 Å². The number of rotatable bonds is 4. The summed E-state index contributed by atoms with van der Waals surface area (Å²) >= 11 is 1.45. The molecule has 1 amide bonds. The number of carboxylic acids is 1. The van der Waals surface area contributed by atoms with Crippen molar-refractivity contribution in [1.29, 1.82) is 0 Å². The van der Waals surface area contributed by atoms with Gasteiger partial charge in [0.25, 0.3) is 11.6 Å². The molecule has 0 aliphatic carbocycles. The van der Waals surface area contributed by atoms with Gasteiger partial charge in [-0.2, -0.15) is 11.8 Å². The average molecular weight is 310 g/mol. The molecular weight excluding hydrogens is 296 g/mol. The number of carbonyl (C=O) groups excluding carboxylic acids is 1. The van der Waals surface area contributed by atoms with E-state index in [1.807, 2.05) is 0 Å². The number of non-ortho nitro benzene ring substituents is 1. The zero-order valence-electron chi connectivity index (χ0n) is 11.3. The predicted octanol–water partition coefficient (Wildman–Crippen LogP) is 1.59. The summed E-state index contributed by atoms with van der Waals surface area (Å²) in [5.74, 6) is -0.739. The van der Waals surface area contributed by atoms with Crippen molar-refractivity contribution in [2.75, 3.05) is 11.5 Å². The van der Waals surface area contributed by atoms with E-state index in [9.17, 15) is 24.8 Å². The number of hydrogen-bond donors (Lipinski definition) is 2. The van der Waals surface area contributed by atoms with E-state index in [-0.39, 0.29) is 11.3 Å². The van der Waals surface area contributed by atoms with Gasteiger partial charge in [0.2, 0.25) is 0 Å². The van der Waals surface area contributed by atoms with Gasteiger partial charge < -0.3 is 10.4 Å². The molecule has 0 bridgehead atoms. The standard InChI is InChI=1S/C13H14N2O5S/c1-8-4-9(6-10(5-8)15(19)20)11(16)14-13(12(17)18)2-3-21-7-13/h4-6H,2-3,7H2,1H3,(H,14,16)(H,17,18). The van der Waals surface area contributed by atoms with Crippen molar-refractivity contribution in [3.8, 4) is 0 Å². The third-order valence-corrected chi connectivity index (χ3v) is 4.51. The molecule has 7 nitrogen and oxygen atoms in total. The summed E-state index contributed by atoms with van der Waals surface area (Å²) in [6.07, 6.45) is 0.340. The lowest BCUT2D eigenvalue weighted by atomic mass is 9.98. The molecule has 1 heterocycles. The fraction of sp³-hybridized carbons (Fsp3) is 0.385. The van der Waals surface area contributed by atoms with Crippen molar-refractivity contribution in [2.45, 2.75) is 18.9 Å². The first-order chi connectivity index (χ1) is 9.84. The molecule has 2 rings (SSSR count). The Hall–Kier alpha value is -2.09. The van der Waals surface area contributed by atoms with Crippen LogP contribution in [0.2, 0.25) is 0 Å². The lowest BCUT2D eigenvalue weighted by molar-refractivity contribution is -0.384. The van der Waals surface area contributed by atoms with E-state index in [2.05, 4.69) is 5.32 Å². The van der Waals surface area contributed by atoms with Gasteiger partial charge in [-0.25, -0.2) is 4.79 Å². The molecule has 1 fully saturated rings. The molecule has 0 radical (unpaired) electrons. The Balaban J connectivity index is 2.28. The number of nitro groups is 1. The average Bonchev–Trinajstić information content (AvgIpc) is 2.87. The van der Waals surface area contributed by atoms with E-state index in [0.29, 0.717) is 23.5 Å². The van der Waals surface area contributed by atoms with Gasteiger partial charge in [-0.05, 0) is 30.7 Å². The number of hydrogen-bond acceptors (Lipinski definition) is 5.